The summed E-state index contributed by atoms with van der Waals surface area (Å²) in [4.78, 5) is 17.1. The Kier molecular flexibility index (Phi) is 6.48. The van der Waals surface area contributed by atoms with Crippen molar-refractivity contribution < 1.29 is 13.2 Å². The molecule has 1 atom stereocenters. The molecular formula is C19H27N5O3S. The lowest BCUT2D eigenvalue weighted by Gasteiger charge is -2.33. The van der Waals surface area contributed by atoms with E-state index in [0.717, 1.165) is 18.7 Å². The van der Waals surface area contributed by atoms with E-state index in [-0.39, 0.29) is 17.4 Å². The number of hydrogen-bond donors (Lipinski definition) is 1. The van der Waals surface area contributed by atoms with E-state index in [0.29, 0.717) is 18.8 Å². The van der Waals surface area contributed by atoms with Crippen LogP contribution in [0.1, 0.15) is 11.6 Å². The third-order valence-electron chi connectivity index (χ3n) is 4.78. The van der Waals surface area contributed by atoms with Crippen LogP contribution in [0.2, 0.25) is 0 Å². The number of nitrogens with one attached hydrogen (secondary N) is 1. The molecule has 1 unspecified atom stereocenters. The van der Waals surface area contributed by atoms with Crippen LogP contribution in [0.3, 0.4) is 0 Å². The van der Waals surface area contributed by atoms with Crippen LogP contribution in [0.25, 0.3) is 0 Å². The van der Waals surface area contributed by atoms with E-state index in [9.17, 15) is 13.2 Å². The lowest BCUT2D eigenvalue weighted by Crippen LogP contribution is -2.46. The van der Waals surface area contributed by atoms with Crippen molar-refractivity contribution in [3.05, 3.63) is 48.3 Å². The molecule has 2 heterocycles. The Morgan fingerprint density at radius 2 is 1.89 bits per heavy atom. The van der Waals surface area contributed by atoms with Gasteiger partial charge in [0.2, 0.25) is 5.91 Å². The van der Waals surface area contributed by atoms with Crippen molar-refractivity contribution in [1.82, 2.24) is 19.6 Å². The summed E-state index contributed by atoms with van der Waals surface area (Å²) in [5.41, 5.74) is 1.48. The van der Waals surface area contributed by atoms with E-state index >= 15 is 0 Å². The predicted octanol–water partition coefficient (Wildman–Crippen LogP) is 0.855. The van der Waals surface area contributed by atoms with Gasteiger partial charge < -0.3 is 10.2 Å². The second-order valence-corrected chi connectivity index (χ2v) is 9.59. The molecule has 3 rings (SSSR count). The molecule has 1 amide bonds. The Balaban J connectivity index is 1.74. The molecular weight excluding hydrogens is 378 g/mol. The van der Waals surface area contributed by atoms with Gasteiger partial charge in [0.15, 0.2) is 9.84 Å². The van der Waals surface area contributed by atoms with Crippen molar-refractivity contribution >= 4 is 21.4 Å². The van der Waals surface area contributed by atoms with Gasteiger partial charge in [-0.05, 0) is 19.7 Å². The van der Waals surface area contributed by atoms with Gasteiger partial charge in [0.1, 0.15) is 6.04 Å². The summed E-state index contributed by atoms with van der Waals surface area (Å²) in [5.74, 6) is -0.0318. The van der Waals surface area contributed by atoms with Gasteiger partial charge in [-0.3, -0.25) is 14.4 Å². The Morgan fingerprint density at radius 1 is 1.21 bits per heavy atom. The average Bonchev–Trinajstić information content (AvgIpc) is 3.10. The zero-order valence-corrected chi connectivity index (χ0v) is 17.1. The summed E-state index contributed by atoms with van der Waals surface area (Å²) in [6, 6.07) is 8.92. The van der Waals surface area contributed by atoms with Crippen LogP contribution in [0.4, 0.5) is 5.69 Å². The number of benzene rings is 1. The molecule has 1 aliphatic rings. The Morgan fingerprint density at radius 3 is 2.54 bits per heavy atom. The second kappa shape index (κ2) is 8.85. The van der Waals surface area contributed by atoms with Crippen LogP contribution in [0, 0.1) is 0 Å². The molecule has 8 nitrogen and oxygen atoms in total. The van der Waals surface area contributed by atoms with E-state index in [4.69, 9.17) is 0 Å². The van der Waals surface area contributed by atoms with E-state index in [2.05, 4.69) is 15.3 Å². The largest absolute Gasteiger partial charge is 0.322 e. The number of anilines is 1. The maximum Gasteiger partial charge on any atom is 0.246 e. The summed E-state index contributed by atoms with van der Waals surface area (Å²) >= 11 is 0. The molecule has 1 aromatic heterocycles. The van der Waals surface area contributed by atoms with Crippen LogP contribution in [0.15, 0.2) is 42.7 Å². The van der Waals surface area contributed by atoms with Gasteiger partial charge in [0, 0.05) is 25.8 Å². The maximum atomic E-state index is 13.1. The zero-order chi connectivity index (χ0) is 20.1. The zero-order valence-electron chi connectivity index (χ0n) is 16.3. The number of hydrogen-bond acceptors (Lipinski definition) is 6. The first-order chi connectivity index (χ1) is 13.3. The summed E-state index contributed by atoms with van der Waals surface area (Å²) < 4.78 is 25.4. The van der Waals surface area contributed by atoms with Crippen LogP contribution in [-0.4, -0.2) is 79.1 Å². The number of rotatable bonds is 7. The highest BCUT2D eigenvalue weighted by Crippen LogP contribution is 2.24. The van der Waals surface area contributed by atoms with Gasteiger partial charge >= 0.3 is 0 Å². The third kappa shape index (κ3) is 5.40. The second-order valence-electron chi connectivity index (χ2n) is 7.29. The summed E-state index contributed by atoms with van der Waals surface area (Å²) in [7, 11) is 0.974. The SMILES string of the molecule is CN(C)CCn1cc(NC(=O)C(c2ccccc2)N2CCS(=O)(=O)CC2)cn1. The summed E-state index contributed by atoms with van der Waals surface area (Å²) in [6.45, 7) is 2.27. The first-order valence-corrected chi connectivity index (χ1v) is 11.1. The molecule has 28 heavy (non-hydrogen) atoms. The molecule has 0 bridgehead atoms. The smallest absolute Gasteiger partial charge is 0.246 e. The summed E-state index contributed by atoms with van der Waals surface area (Å²) in [5, 5.41) is 7.23. The number of aromatic nitrogens is 2. The normalized spacial score (nSPS) is 18.1. The van der Waals surface area contributed by atoms with Crippen molar-refractivity contribution in [1.29, 1.82) is 0 Å². The standard InChI is InChI=1S/C19H27N5O3S/c1-22(2)8-9-24-15-17(14-20-24)21-19(25)18(16-6-4-3-5-7-16)23-10-12-28(26,27)13-11-23/h3-7,14-15,18H,8-13H2,1-2H3,(H,21,25). The van der Waals surface area contributed by atoms with Crippen molar-refractivity contribution in [3.8, 4) is 0 Å². The monoisotopic (exact) mass is 405 g/mol. The molecule has 0 spiro atoms. The quantitative estimate of drug-likeness (QED) is 0.735. The summed E-state index contributed by atoms with van der Waals surface area (Å²) in [6.07, 6.45) is 3.44. The van der Waals surface area contributed by atoms with Crippen LogP contribution < -0.4 is 5.32 Å². The van der Waals surface area contributed by atoms with E-state index in [1.807, 2.05) is 55.5 Å². The fourth-order valence-corrected chi connectivity index (χ4v) is 4.44. The average molecular weight is 406 g/mol. The Bertz CT molecular complexity index is 881. The van der Waals surface area contributed by atoms with Crippen molar-refractivity contribution in [2.45, 2.75) is 12.6 Å². The van der Waals surface area contributed by atoms with E-state index in [1.54, 1.807) is 10.9 Å². The van der Waals surface area contributed by atoms with Crippen molar-refractivity contribution in [2.75, 3.05) is 50.6 Å². The molecule has 1 saturated heterocycles. The topological polar surface area (TPSA) is 87.5 Å². The van der Waals surface area contributed by atoms with Gasteiger partial charge in [0.05, 0.1) is 29.9 Å². The molecule has 1 aromatic carbocycles. The highest BCUT2D eigenvalue weighted by Gasteiger charge is 2.32. The number of likely N-dealkylation sites (N-methyl/N-ethyl adjacent to an activating group) is 1. The molecule has 2 aromatic rings. The molecule has 0 saturated carbocycles. The van der Waals surface area contributed by atoms with Gasteiger partial charge in [-0.15, -0.1) is 0 Å². The third-order valence-corrected chi connectivity index (χ3v) is 6.39. The van der Waals surface area contributed by atoms with Gasteiger partial charge in [-0.25, -0.2) is 8.42 Å². The fourth-order valence-electron chi connectivity index (χ4n) is 3.21. The van der Waals surface area contributed by atoms with Gasteiger partial charge in [-0.2, -0.15) is 5.10 Å². The lowest BCUT2D eigenvalue weighted by atomic mass is 10.0. The minimum absolute atomic E-state index is 0.0755. The Hall–Kier alpha value is -2.23. The number of nitrogens with zero attached hydrogens (tertiary/aromatic N) is 4. The number of amides is 1. The lowest BCUT2D eigenvalue weighted by molar-refractivity contribution is -0.121. The predicted molar refractivity (Wildman–Crippen MR) is 109 cm³/mol. The van der Waals surface area contributed by atoms with E-state index < -0.39 is 15.9 Å². The Labute approximate surface area is 166 Å². The van der Waals surface area contributed by atoms with E-state index in [1.165, 1.54) is 0 Å². The maximum absolute atomic E-state index is 13.1. The first kappa shape index (κ1) is 20.5. The molecule has 0 aliphatic carbocycles. The minimum Gasteiger partial charge on any atom is -0.322 e. The van der Waals surface area contributed by atoms with Crippen LogP contribution in [0.5, 0.6) is 0 Å². The molecule has 0 radical (unpaired) electrons. The first-order valence-electron chi connectivity index (χ1n) is 9.31. The van der Waals surface area contributed by atoms with Crippen molar-refractivity contribution in [2.24, 2.45) is 0 Å². The molecule has 1 fully saturated rings. The molecule has 152 valence electrons. The number of carbonyl (C=O) groups excluding carboxylic acids is 1. The fraction of sp³-hybridized carbons (Fsp3) is 0.474. The van der Waals surface area contributed by atoms with Crippen LogP contribution in [-0.2, 0) is 21.2 Å². The molecule has 1 aliphatic heterocycles. The van der Waals surface area contributed by atoms with Gasteiger partial charge in [-0.1, -0.05) is 30.3 Å². The highest BCUT2D eigenvalue weighted by atomic mass is 32.2. The highest BCUT2D eigenvalue weighted by molar-refractivity contribution is 7.91. The number of sulfone groups is 1. The molecule has 9 heteroatoms. The van der Waals surface area contributed by atoms with Crippen LogP contribution >= 0.6 is 0 Å². The van der Waals surface area contributed by atoms with Gasteiger partial charge in [0.25, 0.3) is 0 Å². The van der Waals surface area contributed by atoms with Crippen molar-refractivity contribution in [3.63, 3.8) is 0 Å². The molecule has 1 N–H and O–H groups in total. The minimum atomic E-state index is -3.02. The number of carbonyl (C=O) groups is 1.